The second kappa shape index (κ2) is 5.77. The van der Waals surface area contributed by atoms with Crippen LogP contribution in [0.4, 0.5) is 0 Å². The van der Waals surface area contributed by atoms with E-state index in [-0.39, 0.29) is 41.5 Å². The third-order valence-electron chi connectivity index (χ3n) is 1.16. The van der Waals surface area contributed by atoms with Gasteiger partial charge in [-0.15, -0.1) is 0 Å². The topological polar surface area (TPSA) is 26.3 Å². The van der Waals surface area contributed by atoms with Crippen molar-refractivity contribution in [3.8, 4) is 5.75 Å². The van der Waals surface area contributed by atoms with E-state index in [1.807, 2.05) is 19.1 Å². The van der Waals surface area contributed by atoms with Gasteiger partial charge < -0.3 is 4.18 Å². The molecule has 0 bridgehead atoms. The number of benzene rings is 1. The number of aryl methyl sites for hydroxylation is 1. The zero-order chi connectivity index (χ0) is 7.40. The van der Waals surface area contributed by atoms with Gasteiger partial charge in [0.25, 0.3) is 0 Å². The van der Waals surface area contributed by atoms with Crippen LogP contribution in [-0.4, -0.2) is 33.8 Å². The van der Waals surface area contributed by atoms with Crippen molar-refractivity contribution in [1.82, 2.24) is 0 Å². The number of hydrogen-bond donors (Lipinski definition) is 1. The molecular formula is C7H9NaO2S. The van der Waals surface area contributed by atoms with Gasteiger partial charge in [0.2, 0.25) is 0 Å². The summed E-state index contributed by atoms with van der Waals surface area (Å²) in [4.78, 5) is 0. The molecule has 0 aromatic heterocycles. The molecule has 11 heavy (non-hydrogen) atoms. The van der Waals surface area contributed by atoms with Gasteiger partial charge in [-0.1, -0.05) is 17.7 Å². The van der Waals surface area contributed by atoms with Crippen LogP contribution in [0.15, 0.2) is 24.3 Å². The molecule has 0 atom stereocenters. The number of rotatable bonds is 2. The Morgan fingerprint density at radius 2 is 1.82 bits per heavy atom. The maximum atomic E-state index is 9.93. The Hall–Kier alpha value is 0.170. The van der Waals surface area contributed by atoms with Gasteiger partial charge in [-0.2, -0.15) is 0 Å². The quantitative estimate of drug-likeness (QED) is 0.532. The number of thiol groups is 1. The van der Waals surface area contributed by atoms with Crippen LogP contribution in [0.3, 0.4) is 0 Å². The Labute approximate surface area is 91.9 Å². The molecule has 0 spiro atoms. The van der Waals surface area contributed by atoms with Gasteiger partial charge in [0.05, 0.1) is 0 Å². The third kappa shape index (κ3) is 3.91. The molecule has 0 N–H and O–H groups in total. The molecule has 0 aliphatic rings. The predicted molar refractivity (Wildman–Crippen MR) is 48.5 cm³/mol. The van der Waals surface area contributed by atoms with E-state index in [0.29, 0.717) is 5.75 Å². The first-order valence-electron chi connectivity index (χ1n) is 2.89. The molecule has 4 heteroatoms. The summed E-state index contributed by atoms with van der Waals surface area (Å²) in [5, 5.41) is 0. The summed E-state index contributed by atoms with van der Waals surface area (Å²) in [6, 6.07) is 7.36. The predicted octanol–water partition coefficient (Wildman–Crippen LogP) is 0.586. The molecule has 0 unspecified atom stereocenters. The maximum absolute atomic E-state index is 9.93. The first kappa shape index (κ1) is 11.2. The second-order valence-electron chi connectivity index (χ2n) is 1.98. The van der Waals surface area contributed by atoms with Crippen LogP contribution in [0.25, 0.3) is 0 Å². The minimum absolute atomic E-state index is 0. The van der Waals surface area contributed by atoms with Crippen LogP contribution in [-0.2, 0) is 11.9 Å². The molecule has 0 saturated carbocycles. The van der Waals surface area contributed by atoms with Crippen molar-refractivity contribution in [2.45, 2.75) is 6.92 Å². The fourth-order valence-corrected chi connectivity index (χ4v) is 0.850. The first-order valence-corrected chi connectivity index (χ1v) is 3.62. The van der Waals surface area contributed by atoms with Crippen molar-refractivity contribution >= 4 is 41.5 Å². The first-order chi connectivity index (χ1) is 4.83. The molecule has 0 aliphatic carbocycles. The SMILES string of the molecule is Cc1ccc(O[SH]=O)cc1.[NaH]. The molecule has 0 heterocycles. The molecule has 2 nitrogen and oxygen atoms in total. The van der Waals surface area contributed by atoms with Gasteiger partial charge in [0.15, 0.2) is 11.9 Å². The van der Waals surface area contributed by atoms with Crippen LogP contribution in [0.5, 0.6) is 5.75 Å². The fourth-order valence-electron chi connectivity index (χ4n) is 0.642. The standard InChI is InChI=1S/C7H8O2S.Na.H/c1-6-2-4-7(5-3-6)9-10-8;;/h2-5,10H,1H3;;. The number of hydrogen-bond acceptors (Lipinski definition) is 2. The summed E-state index contributed by atoms with van der Waals surface area (Å²) < 4.78 is 14.6. The Morgan fingerprint density at radius 3 is 2.27 bits per heavy atom. The average Bonchev–Trinajstić information content (AvgIpc) is 1.95. The zero-order valence-corrected chi connectivity index (χ0v) is 6.47. The second-order valence-corrected chi connectivity index (χ2v) is 2.31. The van der Waals surface area contributed by atoms with Gasteiger partial charge in [-0.25, -0.2) is 4.21 Å². The van der Waals surface area contributed by atoms with Crippen LogP contribution in [0, 0.1) is 6.92 Å². The monoisotopic (exact) mass is 180 g/mol. The van der Waals surface area contributed by atoms with E-state index in [2.05, 4.69) is 4.18 Å². The van der Waals surface area contributed by atoms with Crippen molar-refractivity contribution < 1.29 is 8.39 Å². The normalized spacial score (nSPS) is 8.45. The summed E-state index contributed by atoms with van der Waals surface area (Å²) in [5.74, 6) is 0.627. The Bertz CT molecular complexity index is 222. The summed E-state index contributed by atoms with van der Waals surface area (Å²) in [6.07, 6.45) is 0. The van der Waals surface area contributed by atoms with E-state index in [9.17, 15) is 4.21 Å². The molecule has 0 amide bonds. The van der Waals surface area contributed by atoms with Crippen molar-refractivity contribution in [2.75, 3.05) is 0 Å². The minimum atomic E-state index is -0.304. The van der Waals surface area contributed by atoms with Crippen LogP contribution >= 0.6 is 0 Å². The Morgan fingerprint density at radius 1 is 1.27 bits per heavy atom. The Balaban J connectivity index is 0.000001000. The van der Waals surface area contributed by atoms with Crippen LogP contribution in [0.2, 0.25) is 0 Å². The third-order valence-corrected chi connectivity index (χ3v) is 1.45. The van der Waals surface area contributed by atoms with Crippen LogP contribution < -0.4 is 4.18 Å². The zero-order valence-electron chi connectivity index (χ0n) is 5.57. The van der Waals surface area contributed by atoms with E-state index < -0.39 is 0 Å². The molecule has 0 saturated heterocycles. The molecular weight excluding hydrogens is 171 g/mol. The molecule has 0 radical (unpaired) electrons. The van der Waals surface area contributed by atoms with E-state index >= 15 is 0 Å². The average molecular weight is 180 g/mol. The summed E-state index contributed by atoms with van der Waals surface area (Å²) >= 11 is -0.304. The van der Waals surface area contributed by atoms with Gasteiger partial charge in [-0.05, 0) is 19.1 Å². The van der Waals surface area contributed by atoms with Crippen molar-refractivity contribution in [2.24, 2.45) is 0 Å². The van der Waals surface area contributed by atoms with Gasteiger partial charge >= 0.3 is 29.6 Å². The van der Waals surface area contributed by atoms with Crippen molar-refractivity contribution in [1.29, 1.82) is 0 Å². The van der Waals surface area contributed by atoms with E-state index in [1.165, 1.54) is 0 Å². The molecule has 1 aromatic carbocycles. The van der Waals surface area contributed by atoms with Gasteiger partial charge in [0, 0.05) is 0 Å². The molecule has 1 aromatic rings. The van der Waals surface area contributed by atoms with E-state index in [0.717, 1.165) is 5.56 Å². The summed E-state index contributed by atoms with van der Waals surface area (Å²) in [7, 11) is 0. The summed E-state index contributed by atoms with van der Waals surface area (Å²) in [6.45, 7) is 1.98. The molecule has 0 aliphatic heterocycles. The van der Waals surface area contributed by atoms with Crippen molar-refractivity contribution in [3.63, 3.8) is 0 Å². The Kier molecular flexibility index (Phi) is 5.86. The summed E-state index contributed by atoms with van der Waals surface area (Å²) in [5.41, 5.74) is 1.16. The fraction of sp³-hybridized carbons (Fsp3) is 0.143. The van der Waals surface area contributed by atoms with E-state index in [1.54, 1.807) is 12.1 Å². The van der Waals surface area contributed by atoms with Crippen molar-refractivity contribution in [3.05, 3.63) is 29.8 Å². The van der Waals surface area contributed by atoms with Gasteiger partial charge in [-0.3, -0.25) is 0 Å². The molecule has 56 valence electrons. The molecule has 0 fully saturated rings. The van der Waals surface area contributed by atoms with Gasteiger partial charge in [0.1, 0.15) is 5.75 Å². The molecule has 1 rings (SSSR count). The van der Waals surface area contributed by atoms with Crippen LogP contribution in [0.1, 0.15) is 5.56 Å². The van der Waals surface area contributed by atoms with E-state index in [4.69, 9.17) is 0 Å².